The lowest BCUT2D eigenvalue weighted by molar-refractivity contribution is 0.284. The quantitative estimate of drug-likeness (QED) is 0.421. The lowest BCUT2D eigenvalue weighted by Gasteiger charge is -2.33. The maximum atomic E-state index is 6.14. The van der Waals surface area contributed by atoms with Crippen LogP contribution in [0.25, 0.3) is 5.70 Å². The summed E-state index contributed by atoms with van der Waals surface area (Å²) in [5.41, 5.74) is 8.94. The van der Waals surface area contributed by atoms with Gasteiger partial charge in [-0.3, -0.25) is 10.4 Å². The van der Waals surface area contributed by atoms with Gasteiger partial charge in [-0.15, -0.1) is 11.3 Å². The second-order valence-corrected chi connectivity index (χ2v) is 11.6. The van der Waals surface area contributed by atoms with Crippen molar-refractivity contribution in [1.29, 1.82) is 0 Å². The van der Waals surface area contributed by atoms with Gasteiger partial charge in [0.2, 0.25) is 0 Å². The van der Waals surface area contributed by atoms with E-state index in [0.717, 1.165) is 22.8 Å². The van der Waals surface area contributed by atoms with E-state index >= 15 is 0 Å². The molecule has 0 saturated carbocycles. The monoisotopic (exact) mass is 450 g/mol. The summed E-state index contributed by atoms with van der Waals surface area (Å²) in [6.45, 7) is 11.6. The number of hydrogen-bond donors (Lipinski definition) is 1. The van der Waals surface area contributed by atoms with Crippen molar-refractivity contribution in [2.75, 3.05) is 5.01 Å². The number of hydrazine groups is 1. The molecule has 1 N–H and O–H groups in total. The summed E-state index contributed by atoms with van der Waals surface area (Å²) in [6, 6.07) is 21.5. The summed E-state index contributed by atoms with van der Waals surface area (Å²) in [6.07, 6.45) is 3.46. The molecule has 0 radical (unpaired) electrons. The van der Waals surface area contributed by atoms with E-state index in [0.29, 0.717) is 5.41 Å². The van der Waals surface area contributed by atoms with E-state index in [-0.39, 0.29) is 11.5 Å². The molecule has 0 bridgehead atoms. The van der Waals surface area contributed by atoms with E-state index in [2.05, 4.69) is 105 Å². The molecule has 1 aliphatic rings. The van der Waals surface area contributed by atoms with Gasteiger partial charge in [0.25, 0.3) is 0 Å². The van der Waals surface area contributed by atoms with E-state index in [1.54, 1.807) is 11.3 Å². The highest BCUT2D eigenvalue weighted by atomic mass is 35.5. The first kappa shape index (κ1) is 22.0. The van der Waals surface area contributed by atoms with Crippen molar-refractivity contribution >= 4 is 34.3 Å². The molecule has 1 aromatic heterocycles. The number of anilines is 1. The molecule has 0 fully saturated rings. The lowest BCUT2D eigenvalue weighted by atomic mass is 9.72. The van der Waals surface area contributed by atoms with Gasteiger partial charge in [0, 0.05) is 5.02 Å². The Morgan fingerprint density at radius 2 is 1.61 bits per heavy atom. The van der Waals surface area contributed by atoms with Crippen molar-refractivity contribution in [3.8, 4) is 0 Å². The zero-order valence-electron chi connectivity index (χ0n) is 18.9. The summed E-state index contributed by atoms with van der Waals surface area (Å²) in [5.74, 6) is 0. The molecule has 1 unspecified atom stereocenters. The van der Waals surface area contributed by atoms with E-state index in [4.69, 9.17) is 11.6 Å². The van der Waals surface area contributed by atoms with Crippen LogP contribution in [0.2, 0.25) is 5.02 Å². The van der Waals surface area contributed by atoms with E-state index in [1.165, 1.54) is 16.0 Å². The third kappa shape index (κ3) is 4.99. The van der Waals surface area contributed by atoms with Crippen LogP contribution < -0.4 is 10.4 Å². The summed E-state index contributed by atoms with van der Waals surface area (Å²) in [5, 5.41) is 5.08. The predicted molar refractivity (Wildman–Crippen MR) is 136 cm³/mol. The van der Waals surface area contributed by atoms with Crippen molar-refractivity contribution in [3.05, 3.63) is 93.1 Å². The zero-order chi connectivity index (χ0) is 22.2. The maximum Gasteiger partial charge on any atom is 0.0958 e. The highest BCUT2D eigenvalue weighted by Gasteiger charge is 2.30. The number of halogens is 1. The maximum absolute atomic E-state index is 6.14. The third-order valence-electron chi connectivity index (χ3n) is 5.74. The Morgan fingerprint density at radius 1 is 0.935 bits per heavy atom. The SMILES string of the molecule is CC(C)(C)CC(C)(C)c1ccc(C2C=C(c3cccs3)NN2c2ccc(Cl)cc2)cc1. The highest BCUT2D eigenvalue weighted by Crippen LogP contribution is 2.39. The molecule has 2 aromatic carbocycles. The number of nitrogens with one attached hydrogen (secondary N) is 1. The van der Waals surface area contributed by atoms with E-state index < -0.39 is 0 Å². The topological polar surface area (TPSA) is 15.3 Å². The third-order valence-corrected chi connectivity index (χ3v) is 6.90. The zero-order valence-corrected chi connectivity index (χ0v) is 20.5. The van der Waals surface area contributed by atoms with Gasteiger partial charge in [0.15, 0.2) is 0 Å². The first-order valence-electron chi connectivity index (χ1n) is 10.8. The normalized spacial score (nSPS) is 16.9. The van der Waals surface area contributed by atoms with Crippen LogP contribution in [0.1, 0.15) is 63.1 Å². The molecule has 1 aliphatic heterocycles. The van der Waals surface area contributed by atoms with Gasteiger partial charge in [-0.25, -0.2) is 0 Å². The van der Waals surface area contributed by atoms with Crippen molar-refractivity contribution in [3.63, 3.8) is 0 Å². The average Bonchev–Trinajstić information content (AvgIpc) is 3.37. The van der Waals surface area contributed by atoms with Gasteiger partial charge in [-0.1, -0.05) is 76.6 Å². The molecule has 3 aromatic rings. The van der Waals surface area contributed by atoms with Crippen LogP contribution in [-0.4, -0.2) is 0 Å². The molecular weight excluding hydrogens is 420 g/mol. The van der Waals surface area contributed by atoms with E-state index in [1.807, 2.05) is 12.1 Å². The molecule has 0 saturated heterocycles. The van der Waals surface area contributed by atoms with Gasteiger partial charge >= 0.3 is 0 Å². The molecule has 4 rings (SSSR count). The standard InChI is InChI=1S/C27H31ClN2S/c1-26(2,3)18-27(4,5)20-10-8-19(9-11-20)24-17-23(25-7-6-16-31-25)29-30(24)22-14-12-21(28)13-15-22/h6-17,24,29H,18H2,1-5H3. The molecule has 0 aliphatic carbocycles. The molecular formula is C27H31ClN2S. The minimum absolute atomic E-state index is 0.109. The lowest BCUT2D eigenvalue weighted by Crippen LogP contribution is -2.33. The number of nitrogens with zero attached hydrogens (tertiary/aromatic N) is 1. The molecule has 162 valence electrons. The Labute approximate surface area is 195 Å². The molecule has 2 heterocycles. The number of thiophene rings is 1. The van der Waals surface area contributed by atoms with Gasteiger partial charge in [-0.05, 0) is 70.2 Å². The van der Waals surface area contributed by atoms with Crippen LogP contribution in [0, 0.1) is 5.41 Å². The summed E-state index contributed by atoms with van der Waals surface area (Å²) in [4.78, 5) is 1.24. The number of hydrogen-bond acceptors (Lipinski definition) is 3. The van der Waals surface area contributed by atoms with Crippen LogP contribution in [0.15, 0.2) is 72.1 Å². The molecule has 4 heteroatoms. The first-order chi connectivity index (χ1) is 14.6. The first-order valence-corrected chi connectivity index (χ1v) is 12.1. The van der Waals surface area contributed by atoms with Crippen LogP contribution in [0.5, 0.6) is 0 Å². The molecule has 1 atom stereocenters. The largest absolute Gasteiger partial charge is 0.296 e. The second-order valence-electron chi connectivity index (χ2n) is 10.2. The number of benzene rings is 2. The minimum Gasteiger partial charge on any atom is -0.296 e. The summed E-state index contributed by atoms with van der Waals surface area (Å²) < 4.78 is 0. The van der Waals surface area contributed by atoms with Gasteiger partial charge in [-0.2, -0.15) is 0 Å². The van der Waals surface area contributed by atoms with Crippen molar-refractivity contribution in [2.24, 2.45) is 5.41 Å². The Hall–Kier alpha value is -2.23. The van der Waals surface area contributed by atoms with E-state index in [9.17, 15) is 0 Å². The number of rotatable bonds is 5. The Bertz CT molecular complexity index is 1040. The summed E-state index contributed by atoms with van der Waals surface area (Å²) in [7, 11) is 0. The highest BCUT2D eigenvalue weighted by molar-refractivity contribution is 7.11. The van der Waals surface area contributed by atoms with Gasteiger partial charge in [0.05, 0.1) is 22.3 Å². The predicted octanol–water partition coefficient (Wildman–Crippen LogP) is 8.22. The van der Waals surface area contributed by atoms with Crippen LogP contribution in [0.4, 0.5) is 5.69 Å². The fraction of sp³-hybridized carbons (Fsp3) is 0.333. The van der Waals surface area contributed by atoms with Crippen LogP contribution >= 0.6 is 22.9 Å². The molecule has 31 heavy (non-hydrogen) atoms. The van der Waals surface area contributed by atoms with Crippen molar-refractivity contribution < 1.29 is 0 Å². The van der Waals surface area contributed by atoms with Crippen LogP contribution in [0.3, 0.4) is 0 Å². The fourth-order valence-electron chi connectivity index (χ4n) is 4.67. The Morgan fingerprint density at radius 3 is 2.19 bits per heavy atom. The fourth-order valence-corrected chi connectivity index (χ4v) is 5.50. The van der Waals surface area contributed by atoms with Crippen molar-refractivity contribution in [1.82, 2.24) is 5.43 Å². The molecule has 0 spiro atoms. The molecule has 0 amide bonds. The van der Waals surface area contributed by atoms with Gasteiger partial charge in [0.1, 0.15) is 0 Å². The minimum atomic E-state index is 0.109. The van der Waals surface area contributed by atoms with Gasteiger partial charge < -0.3 is 0 Å². The second kappa shape index (κ2) is 8.37. The van der Waals surface area contributed by atoms with Crippen molar-refractivity contribution in [2.45, 2.75) is 52.5 Å². The Balaban J connectivity index is 1.66. The molecule has 2 nitrogen and oxygen atoms in total. The summed E-state index contributed by atoms with van der Waals surface area (Å²) >= 11 is 7.89. The average molecular weight is 451 g/mol. The smallest absolute Gasteiger partial charge is 0.0958 e. The Kier molecular flexibility index (Phi) is 5.93. The van der Waals surface area contributed by atoms with Crippen LogP contribution in [-0.2, 0) is 5.41 Å².